The molecule has 1 N–H and O–H groups in total. The number of fused-ring (bicyclic) bond motifs is 1. The first-order chi connectivity index (χ1) is 21.4. The first-order valence-electron chi connectivity index (χ1n) is 15.0. The zero-order chi connectivity index (χ0) is 30.4. The average Bonchev–Trinajstić information content (AvgIpc) is 3.52. The number of amides is 3. The minimum atomic E-state index is -0.417. The number of aromatic nitrogens is 2. The first kappa shape index (κ1) is 28.6. The number of nitrogens with one attached hydrogen (secondary N) is 1. The van der Waals surface area contributed by atoms with Gasteiger partial charge in [-0.25, -0.2) is 14.2 Å². The predicted molar refractivity (Wildman–Crippen MR) is 166 cm³/mol. The monoisotopic (exact) mass is 613 g/mol. The van der Waals surface area contributed by atoms with E-state index < -0.39 is 6.03 Å². The van der Waals surface area contributed by atoms with Crippen LogP contribution in [0.3, 0.4) is 0 Å². The number of ether oxygens (including phenoxy) is 1. The fraction of sp³-hybridized carbons (Fsp3) is 0.324. The van der Waals surface area contributed by atoms with Crippen LogP contribution in [0, 0.1) is 11.7 Å². The van der Waals surface area contributed by atoms with Crippen LogP contribution in [0.2, 0.25) is 5.02 Å². The van der Waals surface area contributed by atoms with Gasteiger partial charge in [-0.3, -0.25) is 19.9 Å². The zero-order valence-corrected chi connectivity index (χ0v) is 25.2. The molecule has 3 amide bonds. The van der Waals surface area contributed by atoms with Crippen molar-refractivity contribution in [2.24, 2.45) is 13.0 Å². The molecule has 1 aromatic heterocycles. The number of imidazole rings is 1. The zero-order valence-electron chi connectivity index (χ0n) is 24.4. The van der Waals surface area contributed by atoms with Gasteiger partial charge >= 0.3 is 6.03 Å². The number of anilines is 1. The van der Waals surface area contributed by atoms with Gasteiger partial charge in [0.25, 0.3) is 0 Å². The lowest BCUT2D eigenvalue weighted by molar-refractivity contribution is -0.120. The van der Waals surface area contributed by atoms with Gasteiger partial charge in [0, 0.05) is 50.3 Å². The van der Waals surface area contributed by atoms with Gasteiger partial charge in [0.15, 0.2) is 0 Å². The molecule has 44 heavy (non-hydrogen) atoms. The number of urea groups is 1. The van der Waals surface area contributed by atoms with Crippen LogP contribution in [0.25, 0.3) is 11.4 Å². The number of rotatable bonds is 8. The van der Waals surface area contributed by atoms with E-state index in [2.05, 4.69) is 45.5 Å². The highest BCUT2D eigenvalue weighted by atomic mass is 35.5. The number of hydrogen-bond donors (Lipinski definition) is 1. The molecule has 1 aliphatic carbocycles. The molecule has 7 rings (SSSR count). The molecular formula is C34H33ClFN5O3. The average molecular weight is 614 g/mol. The van der Waals surface area contributed by atoms with E-state index >= 15 is 0 Å². The van der Waals surface area contributed by atoms with E-state index in [9.17, 15) is 14.0 Å². The summed E-state index contributed by atoms with van der Waals surface area (Å²) in [6.45, 7) is 2.08. The molecule has 0 spiro atoms. The van der Waals surface area contributed by atoms with E-state index in [0.717, 1.165) is 24.5 Å². The second-order valence-corrected chi connectivity index (χ2v) is 12.2. The Kier molecular flexibility index (Phi) is 7.60. The molecule has 2 fully saturated rings. The normalized spacial score (nSPS) is 18.7. The van der Waals surface area contributed by atoms with Crippen molar-refractivity contribution < 1.29 is 18.7 Å². The molecule has 0 unspecified atom stereocenters. The Morgan fingerprint density at radius 3 is 2.64 bits per heavy atom. The summed E-state index contributed by atoms with van der Waals surface area (Å²) in [6.07, 6.45) is 5.65. The van der Waals surface area contributed by atoms with E-state index in [0.29, 0.717) is 40.7 Å². The molecule has 3 aromatic carbocycles. The highest BCUT2D eigenvalue weighted by Gasteiger charge is 2.39. The second kappa shape index (κ2) is 11.7. The van der Waals surface area contributed by atoms with Gasteiger partial charge in [-0.1, -0.05) is 48.4 Å². The highest BCUT2D eigenvalue weighted by molar-refractivity contribution is 6.31. The van der Waals surface area contributed by atoms with Gasteiger partial charge in [-0.05, 0) is 65.8 Å². The maximum atomic E-state index is 14.1. The number of benzene rings is 3. The lowest BCUT2D eigenvalue weighted by Gasteiger charge is -2.37. The van der Waals surface area contributed by atoms with Crippen LogP contribution >= 0.6 is 11.6 Å². The Bertz CT molecular complexity index is 1720. The molecule has 4 aromatic rings. The number of halogens is 2. The maximum absolute atomic E-state index is 14.1. The van der Waals surface area contributed by atoms with Crippen LogP contribution in [0.4, 0.5) is 15.0 Å². The van der Waals surface area contributed by atoms with Gasteiger partial charge in [0.05, 0.1) is 11.2 Å². The second-order valence-electron chi connectivity index (χ2n) is 11.8. The first-order valence-corrected chi connectivity index (χ1v) is 15.4. The van der Waals surface area contributed by atoms with Gasteiger partial charge in [0.2, 0.25) is 5.91 Å². The van der Waals surface area contributed by atoms with E-state index in [1.54, 1.807) is 23.2 Å². The third-order valence-corrected chi connectivity index (χ3v) is 9.49. The Morgan fingerprint density at radius 1 is 1.09 bits per heavy atom. The van der Waals surface area contributed by atoms with Crippen LogP contribution in [0.5, 0.6) is 5.75 Å². The Morgan fingerprint density at radius 2 is 1.91 bits per heavy atom. The van der Waals surface area contributed by atoms with Crippen molar-refractivity contribution in [1.29, 1.82) is 0 Å². The van der Waals surface area contributed by atoms with E-state index in [1.165, 1.54) is 42.0 Å². The molecule has 0 radical (unpaired) electrons. The number of nitrogens with zero attached hydrogens (tertiary/aromatic N) is 4. The topological polar surface area (TPSA) is 79.7 Å². The van der Waals surface area contributed by atoms with Crippen LogP contribution in [0.15, 0.2) is 66.9 Å². The summed E-state index contributed by atoms with van der Waals surface area (Å²) < 4.78 is 21.9. The fourth-order valence-corrected chi connectivity index (χ4v) is 6.80. The third-order valence-electron chi connectivity index (χ3n) is 9.13. The van der Waals surface area contributed by atoms with Crippen LogP contribution in [0.1, 0.15) is 54.0 Å². The molecule has 8 nitrogen and oxygen atoms in total. The van der Waals surface area contributed by atoms with Crippen LogP contribution < -0.4 is 15.0 Å². The van der Waals surface area contributed by atoms with Gasteiger partial charge < -0.3 is 9.30 Å². The quantitative estimate of drug-likeness (QED) is 0.237. The van der Waals surface area contributed by atoms with Gasteiger partial charge in [0.1, 0.15) is 29.8 Å². The molecular weight excluding hydrogens is 581 g/mol. The Balaban J connectivity index is 1.08. The number of carbonyl (C=O) groups excluding carboxylic acids is 2. The Hall–Kier alpha value is -4.21. The highest BCUT2D eigenvalue weighted by Crippen LogP contribution is 2.48. The molecule has 1 atom stereocenters. The molecule has 3 heterocycles. The van der Waals surface area contributed by atoms with Crippen molar-refractivity contribution >= 4 is 29.4 Å². The lowest BCUT2D eigenvalue weighted by atomic mass is 9.77. The smallest absolute Gasteiger partial charge is 0.329 e. The maximum Gasteiger partial charge on any atom is 0.329 e. The van der Waals surface area contributed by atoms with Crippen molar-refractivity contribution in [2.75, 3.05) is 11.4 Å². The summed E-state index contributed by atoms with van der Waals surface area (Å²) in [5, 5.41) is 2.75. The van der Waals surface area contributed by atoms with Crippen molar-refractivity contribution in [3.05, 3.63) is 100.0 Å². The van der Waals surface area contributed by atoms with E-state index in [-0.39, 0.29) is 24.8 Å². The molecule has 3 aliphatic rings. The summed E-state index contributed by atoms with van der Waals surface area (Å²) in [6, 6.07) is 19.1. The summed E-state index contributed by atoms with van der Waals surface area (Å²) in [4.78, 5) is 32.9. The van der Waals surface area contributed by atoms with Crippen molar-refractivity contribution in [2.45, 2.75) is 51.4 Å². The molecule has 1 saturated carbocycles. The fourth-order valence-electron chi connectivity index (χ4n) is 6.58. The SMILES string of the molecule is Cn1c(N2CCC(=O)NC2=O)cnc1-c1ccc2c(c1)[C@H](C1CCC1)N(Cc1ccc(OCc3c(F)cccc3Cl)cc1)C2. The number of carbonyl (C=O) groups is 2. The molecule has 10 heteroatoms. The van der Waals surface area contributed by atoms with Crippen molar-refractivity contribution in [3.8, 4) is 17.1 Å². The minimum absolute atomic E-state index is 0.0702. The summed E-state index contributed by atoms with van der Waals surface area (Å²) in [5.74, 6) is 2.08. The minimum Gasteiger partial charge on any atom is -0.489 e. The number of imide groups is 1. The van der Waals surface area contributed by atoms with Crippen LogP contribution in [-0.4, -0.2) is 32.9 Å². The predicted octanol–water partition coefficient (Wildman–Crippen LogP) is 6.76. The summed E-state index contributed by atoms with van der Waals surface area (Å²) in [7, 11) is 1.91. The number of hydrogen-bond acceptors (Lipinski definition) is 5. The Labute approximate surface area is 260 Å². The molecule has 226 valence electrons. The van der Waals surface area contributed by atoms with Crippen molar-refractivity contribution in [1.82, 2.24) is 19.8 Å². The third kappa shape index (κ3) is 5.35. The standard InChI is InChI=1S/C34H33ClFN5O3/c1-39-31(41-15-14-30(42)38-34(41)43)17-37-33(39)23-10-11-24-19-40(32(26(24)16-23)22-4-2-5-22)18-21-8-12-25(13-9-21)44-20-27-28(35)6-3-7-29(27)36/h3,6-13,16-17,22,32H,2,4-5,14-15,18-20H2,1H3,(H,38,42,43)/t32-/m0/s1. The van der Waals surface area contributed by atoms with Gasteiger partial charge in [-0.15, -0.1) is 0 Å². The molecule has 2 aliphatic heterocycles. The molecule has 0 bridgehead atoms. The van der Waals surface area contributed by atoms with E-state index in [1.807, 2.05) is 23.7 Å². The van der Waals surface area contributed by atoms with Crippen molar-refractivity contribution in [3.63, 3.8) is 0 Å². The van der Waals surface area contributed by atoms with Gasteiger partial charge in [-0.2, -0.15) is 0 Å². The largest absolute Gasteiger partial charge is 0.489 e. The summed E-state index contributed by atoms with van der Waals surface area (Å²) >= 11 is 6.15. The molecule has 1 saturated heterocycles. The van der Waals surface area contributed by atoms with E-state index in [4.69, 9.17) is 16.3 Å². The summed E-state index contributed by atoms with van der Waals surface area (Å²) in [5.41, 5.74) is 5.22. The van der Waals surface area contributed by atoms with Crippen LogP contribution in [-0.2, 0) is 31.5 Å². The lowest BCUT2D eigenvalue weighted by Crippen LogP contribution is -2.50.